The third-order valence-electron chi connectivity index (χ3n) is 5.23. The highest BCUT2D eigenvalue weighted by molar-refractivity contribution is 5.79. The van der Waals surface area contributed by atoms with Gasteiger partial charge in [-0.25, -0.2) is 0 Å². The number of carbonyl (C=O) groups is 1. The van der Waals surface area contributed by atoms with Crippen LogP contribution < -0.4 is 14.8 Å². The van der Waals surface area contributed by atoms with Gasteiger partial charge in [-0.05, 0) is 51.1 Å². The van der Waals surface area contributed by atoms with Crippen LogP contribution in [0.5, 0.6) is 11.5 Å². The Bertz CT molecular complexity index is 833. The lowest BCUT2D eigenvalue weighted by Gasteiger charge is -2.30. The molecule has 1 saturated heterocycles. The van der Waals surface area contributed by atoms with E-state index in [4.69, 9.17) is 18.7 Å². The molecule has 1 fully saturated rings. The van der Waals surface area contributed by atoms with E-state index in [0.29, 0.717) is 36.4 Å². The highest BCUT2D eigenvalue weighted by atomic mass is 16.5. The minimum atomic E-state index is 0.0222. The minimum absolute atomic E-state index is 0.0222. The number of hydrogen-bond acceptors (Lipinski definition) is 8. The number of nitrogens with one attached hydrogen (secondary N) is 1. The van der Waals surface area contributed by atoms with E-state index in [-0.39, 0.29) is 17.9 Å². The maximum Gasteiger partial charge on any atom is 0.241 e. The van der Waals surface area contributed by atoms with Crippen molar-refractivity contribution in [2.24, 2.45) is 5.92 Å². The van der Waals surface area contributed by atoms with Crippen LogP contribution in [0.25, 0.3) is 11.4 Å². The molecule has 0 saturated carbocycles. The van der Waals surface area contributed by atoms with Crippen molar-refractivity contribution in [2.45, 2.75) is 32.4 Å². The Balaban J connectivity index is 1.53. The Kier molecular flexibility index (Phi) is 7.64. The van der Waals surface area contributed by atoms with Gasteiger partial charge >= 0.3 is 0 Å². The molecule has 1 amide bonds. The highest BCUT2D eigenvalue weighted by Gasteiger charge is 2.26. The fourth-order valence-electron chi connectivity index (χ4n) is 3.61. The standard InChI is InChI=1S/C21H30N4O5/c1-14(13-27-2)22-21(26)15-7-9-25(10-8-15)12-19-23-20(24-30-19)16-5-6-17(28-3)18(11-16)29-4/h5-6,11,14-15H,7-10,12-13H2,1-4H3,(H,22,26). The number of amides is 1. The van der Waals surface area contributed by atoms with E-state index >= 15 is 0 Å². The first-order chi connectivity index (χ1) is 14.5. The van der Waals surface area contributed by atoms with Gasteiger partial charge in [0.1, 0.15) is 0 Å². The molecule has 3 rings (SSSR count). The number of benzene rings is 1. The van der Waals surface area contributed by atoms with Crippen molar-refractivity contribution >= 4 is 5.91 Å². The van der Waals surface area contributed by atoms with E-state index < -0.39 is 0 Å². The molecule has 0 aliphatic carbocycles. The first kappa shape index (κ1) is 22.0. The third-order valence-corrected chi connectivity index (χ3v) is 5.23. The molecular weight excluding hydrogens is 388 g/mol. The fourth-order valence-corrected chi connectivity index (χ4v) is 3.61. The molecule has 9 heteroatoms. The van der Waals surface area contributed by atoms with Gasteiger partial charge in [0, 0.05) is 24.6 Å². The molecule has 1 unspecified atom stereocenters. The molecular formula is C21H30N4O5. The zero-order chi connectivity index (χ0) is 21.5. The monoisotopic (exact) mass is 418 g/mol. The molecule has 1 aliphatic rings. The molecule has 1 aromatic carbocycles. The molecule has 1 aliphatic heterocycles. The first-order valence-corrected chi connectivity index (χ1v) is 10.1. The minimum Gasteiger partial charge on any atom is -0.493 e. The topological polar surface area (TPSA) is 99.0 Å². The number of methoxy groups -OCH3 is 3. The van der Waals surface area contributed by atoms with Gasteiger partial charge in [-0.3, -0.25) is 9.69 Å². The molecule has 164 valence electrons. The molecule has 1 N–H and O–H groups in total. The van der Waals surface area contributed by atoms with Gasteiger partial charge < -0.3 is 24.1 Å². The van der Waals surface area contributed by atoms with Crippen LogP contribution in [0, 0.1) is 5.92 Å². The molecule has 2 heterocycles. The average molecular weight is 418 g/mol. The molecule has 0 radical (unpaired) electrons. The van der Waals surface area contributed by atoms with E-state index in [1.54, 1.807) is 21.3 Å². The Hall–Kier alpha value is -2.65. The summed E-state index contributed by atoms with van der Waals surface area (Å²) < 4.78 is 21.1. The predicted octanol–water partition coefficient (Wildman–Crippen LogP) is 2.12. The highest BCUT2D eigenvalue weighted by Crippen LogP contribution is 2.31. The van der Waals surface area contributed by atoms with E-state index in [1.165, 1.54) is 0 Å². The summed E-state index contributed by atoms with van der Waals surface area (Å²) in [6, 6.07) is 5.52. The molecule has 1 atom stereocenters. The number of carbonyl (C=O) groups excluding carboxylic acids is 1. The van der Waals surface area contributed by atoms with Crippen molar-refractivity contribution in [3.8, 4) is 22.9 Å². The quantitative estimate of drug-likeness (QED) is 0.661. The summed E-state index contributed by atoms with van der Waals surface area (Å²) in [7, 11) is 4.82. The van der Waals surface area contributed by atoms with Crippen molar-refractivity contribution in [3.05, 3.63) is 24.1 Å². The van der Waals surface area contributed by atoms with Gasteiger partial charge in [0.25, 0.3) is 0 Å². The number of aromatic nitrogens is 2. The second-order valence-corrected chi connectivity index (χ2v) is 7.50. The Morgan fingerprint density at radius 1 is 1.23 bits per heavy atom. The van der Waals surface area contributed by atoms with Crippen LogP contribution in [0.3, 0.4) is 0 Å². The fraction of sp³-hybridized carbons (Fsp3) is 0.571. The summed E-state index contributed by atoms with van der Waals surface area (Å²) in [5.74, 6) is 2.46. The number of likely N-dealkylation sites (tertiary alicyclic amines) is 1. The largest absolute Gasteiger partial charge is 0.493 e. The van der Waals surface area contributed by atoms with Crippen LogP contribution in [0.2, 0.25) is 0 Å². The van der Waals surface area contributed by atoms with Crippen molar-refractivity contribution in [3.63, 3.8) is 0 Å². The second kappa shape index (κ2) is 10.4. The van der Waals surface area contributed by atoms with E-state index in [9.17, 15) is 4.79 Å². The SMILES string of the molecule is COCC(C)NC(=O)C1CCN(Cc2nc(-c3ccc(OC)c(OC)c3)no2)CC1. The lowest BCUT2D eigenvalue weighted by molar-refractivity contribution is -0.127. The van der Waals surface area contributed by atoms with Gasteiger partial charge in [-0.2, -0.15) is 4.98 Å². The lowest BCUT2D eigenvalue weighted by Crippen LogP contribution is -2.44. The normalized spacial score (nSPS) is 16.3. The van der Waals surface area contributed by atoms with Crippen molar-refractivity contribution in [2.75, 3.05) is 41.0 Å². The van der Waals surface area contributed by atoms with Crippen molar-refractivity contribution < 1.29 is 23.5 Å². The van der Waals surface area contributed by atoms with Gasteiger partial charge in [0.2, 0.25) is 17.6 Å². The number of piperidine rings is 1. The Labute approximate surface area is 176 Å². The average Bonchev–Trinajstić information content (AvgIpc) is 3.22. The van der Waals surface area contributed by atoms with Crippen LogP contribution >= 0.6 is 0 Å². The summed E-state index contributed by atoms with van der Waals surface area (Å²) in [6.07, 6.45) is 1.62. The molecule has 30 heavy (non-hydrogen) atoms. The summed E-state index contributed by atoms with van der Waals surface area (Å²) in [4.78, 5) is 19.1. The number of ether oxygens (including phenoxy) is 3. The maximum atomic E-state index is 12.4. The van der Waals surface area contributed by atoms with Crippen LogP contribution in [0.15, 0.2) is 22.7 Å². The van der Waals surface area contributed by atoms with Crippen molar-refractivity contribution in [1.29, 1.82) is 0 Å². The molecule has 9 nitrogen and oxygen atoms in total. The summed E-state index contributed by atoms with van der Waals surface area (Å²) in [6.45, 7) is 4.65. The number of nitrogens with zero attached hydrogens (tertiary/aromatic N) is 3. The lowest BCUT2D eigenvalue weighted by atomic mass is 9.95. The van der Waals surface area contributed by atoms with Crippen LogP contribution in [0.4, 0.5) is 0 Å². The zero-order valence-electron chi connectivity index (χ0n) is 18.0. The van der Waals surface area contributed by atoms with Crippen LogP contribution in [-0.2, 0) is 16.1 Å². The van der Waals surface area contributed by atoms with Crippen LogP contribution in [0.1, 0.15) is 25.7 Å². The Morgan fingerprint density at radius 3 is 2.63 bits per heavy atom. The number of rotatable bonds is 9. The zero-order valence-corrected chi connectivity index (χ0v) is 18.0. The summed E-state index contributed by atoms with van der Waals surface area (Å²) in [5.41, 5.74) is 0.795. The van der Waals surface area contributed by atoms with Gasteiger partial charge in [0.15, 0.2) is 11.5 Å². The molecule has 2 aromatic rings. The van der Waals surface area contributed by atoms with Gasteiger partial charge in [-0.1, -0.05) is 5.16 Å². The van der Waals surface area contributed by atoms with Crippen LogP contribution in [-0.4, -0.2) is 68.0 Å². The summed E-state index contributed by atoms with van der Waals surface area (Å²) in [5, 5.41) is 7.10. The van der Waals surface area contributed by atoms with Gasteiger partial charge in [-0.15, -0.1) is 0 Å². The smallest absolute Gasteiger partial charge is 0.241 e. The molecule has 0 spiro atoms. The van der Waals surface area contributed by atoms with Gasteiger partial charge in [0.05, 0.1) is 27.4 Å². The van der Waals surface area contributed by atoms with Crippen molar-refractivity contribution in [1.82, 2.24) is 20.4 Å². The second-order valence-electron chi connectivity index (χ2n) is 7.50. The third kappa shape index (κ3) is 5.48. The Morgan fingerprint density at radius 2 is 1.97 bits per heavy atom. The van der Waals surface area contributed by atoms with E-state index in [1.807, 2.05) is 25.1 Å². The predicted molar refractivity (Wildman–Crippen MR) is 110 cm³/mol. The van der Waals surface area contributed by atoms with E-state index in [2.05, 4.69) is 20.4 Å². The number of hydrogen-bond donors (Lipinski definition) is 1. The summed E-state index contributed by atoms with van der Waals surface area (Å²) >= 11 is 0. The maximum absolute atomic E-state index is 12.4. The molecule has 1 aromatic heterocycles. The van der Waals surface area contributed by atoms with E-state index in [0.717, 1.165) is 31.5 Å². The molecule has 0 bridgehead atoms. The first-order valence-electron chi connectivity index (χ1n) is 10.1.